The average Bonchev–Trinajstić information content (AvgIpc) is 3.16. The van der Waals surface area contributed by atoms with E-state index in [2.05, 4.69) is 0 Å². The standard InChI is InChI=1S/C13H22O6/c14-6-10-8(12-16-1-2-17-12)5-9(11(10)7-15)13-18-3-4-19-13/h8-15H,1-7H2/t8?,9?,10-,11+. The minimum absolute atomic E-state index is 0.0223. The minimum Gasteiger partial charge on any atom is -0.396 e. The van der Waals surface area contributed by atoms with Gasteiger partial charge in [-0.3, -0.25) is 0 Å². The lowest BCUT2D eigenvalue weighted by Crippen LogP contribution is -2.32. The molecule has 3 fully saturated rings. The Kier molecular flexibility index (Phi) is 4.36. The fraction of sp³-hybridized carbons (Fsp3) is 1.00. The van der Waals surface area contributed by atoms with Gasteiger partial charge in [-0.2, -0.15) is 0 Å². The van der Waals surface area contributed by atoms with Gasteiger partial charge < -0.3 is 29.2 Å². The first-order valence-electron chi connectivity index (χ1n) is 7.03. The van der Waals surface area contributed by atoms with E-state index in [0.717, 1.165) is 6.42 Å². The summed E-state index contributed by atoms with van der Waals surface area (Å²) in [5, 5.41) is 19.3. The summed E-state index contributed by atoms with van der Waals surface area (Å²) < 4.78 is 22.3. The van der Waals surface area contributed by atoms with E-state index in [9.17, 15) is 10.2 Å². The Morgan fingerprint density at radius 1 is 0.684 bits per heavy atom. The second-order valence-corrected chi connectivity index (χ2v) is 5.48. The van der Waals surface area contributed by atoms with Crippen molar-refractivity contribution >= 4 is 0 Å². The quantitative estimate of drug-likeness (QED) is 0.725. The zero-order valence-corrected chi connectivity index (χ0v) is 10.9. The molecular formula is C13H22O6. The third-order valence-electron chi connectivity index (χ3n) is 4.61. The van der Waals surface area contributed by atoms with Crippen molar-refractivity contribution in [2.24, 2.45) is 23.7 Å². The number of ether oxygens (including phenoxy) is 4. The lowest BCUT2D eigenvalue weighted by atomic mass is 9.87. The summed E-state index contributed by atoms with van der Waals surface area (Å²) in [5.74, 6) is 0.154. The van der Waals surface area contributed by atoms with Gasteiger partial charge in [-0.25, -0.2) is 0 Å². The van der Waals surface area contributed by atoms with E-state index in [-0.39, 0.29) is 49.5 Å². The van der Waals surface area contributed by atoms with Crippen LogP contribution in [0.5, 0.6) is 0 Å². The molecule has 2 N–H and O–H groups in total. The molecule has 2 heterocycles. The van der Waals surface area contributed by atoms with Crippen LogP contribution in [-0.4, -0.2) is 62.4 Å². The molecule has 1 aliphatic carbocycles. The molecule has 0 spiro atoms. The highest BCUT2D eigenvalue weighted by Crippen LogP contribution is 2.47. The summed E-state index contributed by atoms with van der Waals surface area (Å²) in [6.07, 6.45) is 0.265. The van der Waals surface area contributed by atoms with Crippen LogP contribution in [0.4, 0.5) is 0 Å². The second-order valence-electron chi connectivity index (χ2n) is 5.48. The normalized spacial score (nSPS) is 41.4. The predicted molar refractivity (Wildman–Crippen MR) is 64.1 cm³/mol. The summed E-state index contributed by atoms with van der Waals surface area (Å²) in [4.78, 5) is 0. The van der Waals surface area contributed by atoms with Gasteiger partial charge in [0.05, 0.1) is 26.4 Å². The first-order chi connectivity index (χ1) is 9.35. The van der Waals surface area contributed by atoms with Crippen LogP contribution >= 0.6 is 0 Å². The second kappa shape index (κ2) is 6.03. The molecule has 19 heavy (non-hydrogen) atoms. The van der Waals surface area contributed by atoms with Crippen molar-refractivity contribution in [2.45, 2.75) is 19.0 Å². The fourth-order valence-electron chi connectivity index (χ4n) is 3.71. The molecule has 4 atom stereocenters. The Bertz CT molecular complexity index is 259. The van der Waals surface area contributed by atoms with Gasteiger partial charge in [0, 0.05) is 25.0 Å². The lowest BCUT2D eigenvalue weighted by Gasteiger charge is -2.26. The highest BCUT2D eigenvalue weighted by Gasteiger charge is 2.51. The number of hydrogen-bond acceptors (Lipinski definition) is 6. The van der Waals surface area contributed by atoms with Crippen LogP contribution < -0.4 is 0 Å². The molecule has 6 heteroatoms. The lowest BCUT2D eigenvalue weighted by molar-refractivity contribution is -0.106. The third-order valence-corrected chi connectivity index (χ3v) is 4.61. The van der Waals surface area contributed by atoms with E-state index in [0.29, 0.717) is 26.4 Å². The first-order valence-corrected chi connectivity index (χ1v) is 7.03. The molecule has 2 unspecified atom stereocenters. The largest absolute Gasteiger partial charge is 0.396 e. The fourth-order valence-corrected chi connectivity index (χ4v) is 3.71. The monoisotopic (exact) mass is 274 g/mol. The van der Waals surface area contributed by atoms with Crippen LogP contribution in [0.2, 0.25) is 0 Å². The number of rotatable bonds is 4. The van der Waals surface area contributed by atoms with Gasteiger partial charge in [-0.1, -0.05) is 0 Å². The number of aliphatic hydroxyl groups is 2. The molecule has 0 aromatic carbocycles. The predicted octanol–water partition coefficient (Wildman–Crippen LogP) is -0.415. The van der Waals surface area contributed by atoms with Crippen molar-refractivity contribution in [1.29, 1.82) is 0 Å². The van der Waals surface area contributed by atoms with Crippen LogP contribution in [0.15, 0.2) is 0 Å². The van der Waals surface area contributed by atoms with E-state index >= 15 is 0 Å². The van der Waals surface area contributed by atoms with E-state index < -0.39 is 0 Å². The zero-order valence-electron chi connectivity index (χ0n) is 10.9. The van der Waals surface area contributed by atoms with Gasteiger partial charge in [-0.05, 0) is 18.3 Å². The average molecular weight is 274 g/mol. The molecule has 110 valence electrons. The molecule has 0 radical (unpaired) electrons. The molecule has 3 aliphatic rings. The van der Waals surface area contributed by atoms with Gasteiger partial charge in [0.15, 0.2) is 12.6 Å². The molecule has 6 nitrogen and oxygen atoms in total. The molecule has 0 amide bonds. The van der Waals surface area contributed by atoms with Crippen molar-refractivity contribution < 1.29 is 29.2 Å². The number of aliphatic hydroxyl groups excluding tert-OH is 2. The highest BCUT2D eigenvalue weighted by molar-refractivity contribution is 4.94. The maximum absolute atomic E-state index is 9.66. The summed E-state index contributed by atoms with van der Waals surface area (Å²) >= 11 is 0. The Morgan fingerprint density at radius 2 is 1.05 bits per heavy atom. The van der Waals surface area contributed by atoms with Crippen molar-refractivity contribution in [2.75, 3.05) is 39.6 Å². The van der Waals surface area contributed by atoms with Gasteiger partial charge in [0.2, 0.25) is 0 Å². The molecule has 0 bridgehead atoms. The Hall–Kier alpha value is -0.240. The topological polar surface area (TPSA) is 77.4 Å². The zero-order chi connectivity index (χ0) is 13.2. The van der Waals surface area contributed by atoms with Crippen LogP contribution in [0.3, 0.4) is 0 Å². The molecule has 2 saturated heterocycles. The van der Waals surface area contributed by atoms with Crippen molar-refractivity contribution in [1.82, 2.24) is 0 Å². The molecule has 0 aromatic heterocycles. The van der Waals surface area contributed by atoms with Crippen LogP contribution in [0, 0.1) is 23.7 Å². The van der Waals surface area contributed by atoms with Crippen molar-refractivity contribution in [3.8, 4) is 0 Å². The Morgan fingerprint density at radius 3 is 1.37 bits per heavy atom. The van der Waals surface area contributed by atoms with E-state index in [1.54, 1.807) is 0 Å². The number of hydrogen-bond donors (Lipinski definition) is 2. The van der Waals surface area contributed by atoms with Gasteiger partial charge in [-0.15, -0.1) is 0 Å². The third kappa shape index (κ3) is 2.53. The SMILES string of the molecule is OC[C@@H]1C(C2OCCO2)CC(C2OCCO2)[C@@H]1CO. The van der Waals surface area contributed by atoms with Crippen LogP contribution in [-0.2, 0) is 18.9 Å². The van der Waals surface area contributed by atoms with Gasteiger partial charge in [0.25, 0.3) is 0 Å². The summed E-state index contributed by atoms with van der Waals surface area (Å²) in [5.41, 5.74) is 0. The molecular weight excluding hydrogens is 252 g/mol. The van der Waals surface area contributed by atoms with E-state index in [4.69, 9.17) is 18.9 Å². The Balaban J connectivity index is 1.74. The summed E-state index contributed by atoms with van der Waals surface area (Å²) in [7, 11) is 0. The van der Waals surface area contributed by atoms with Gasteiger partial charge in [0.1, 0.15) is 0 Å². The minimum atomic E-state index is -0.266. The molecule has 0 aromatic rings. The Labute approximate surface area is 112 Å². The maximum Gasteiger partial charge on any atom is 0.160 e. The van der Waals surface area contributed by atoms with Gasteiger partial charge >= 0.3 is 0 Å². The van der Waals surface area contributed by atoms with Crippen molar-refractivity contribution in [3.05, 3.63) is 0 Å². The maximum atomic E-state index is 9.66. The van der Waals surface area contributed by atoms with E-state index in [1.807, 2.05) is 0 Å². The first kappa shape index (κ1) is 13.7. The van der Waals surface area contributed by atoms with Crippen molar-refractivity contribution in [3.63, 3.8) is 0 Å². The molecule has 2 aliphatic heterocycles. The van der Waals surface area contributed by atoms with E-state index in [1.165, 1.54) is 0 Å². The molecule has 3 rings (SSSR count). The molecule has 1 saturated carbocycles. The van der Waals surface area contributed by atoms with Crippen LogP contribution in [0.25, 0.3) is 0 Å². The highest BCUT2D eigenvalue weighted by atomic mass is 16.7. The smallest absolute Gasteiger partial charge is 0.160 e. The van der Waals surface area contributed by atoms with Crippen LogP contribution in [0.1, 0.15) is 6.42 Å². The summed E-state index contributed by atoms with van der Waals surface area (Å²) in [6.45, 7) is 2.47. The summed E-state index contributed by atoms with van der Waals surface area (Å²) in [6, 6.07) is 0.